The van der Waals surface area contributed by atoms with Crippen LogP contribution < -0.4 is 5.69 Å². The first-order valence-electron chi connectivity index (χ1n) is 5.44. The van der Waals surface area contributed by atoms with Gasteiger partial charge in [0.25, 0.3) is 0 Å². The van der Waals surface area contributed by atoms with E-state index in [-0.39, 0.29) is 11.7 Å². The Morgan fingerprint density at radius 2 is 2.12 bits per heavy atom. The summed E-state index contributed by atoms with van der Waals surface area (Å²) in [6.07, 6.45) is 5.14. The highest BCUT2D eigenvalue weighted by Crippen LogP contribution is 2.09. The summed E-state index contributed by atoms with van der Waals surface area (Å²) in [6, 6.07) is 0.161. The van der Waals surface area contributed by atoms with Crippen LogP contribution in [0.5, 0.6) is 0 Å². The van der Waals surface area contributed by atoms with Crippen LogP contribution in [0.15, 0.2) is 23.4 Å². The Bertz CT molecular complexity index is 579. The van der Waals surface area contributed by atoms with Crippen LogP contribution in [-0.4, -0.2) is 18.7 Å². The molecule has 0 aromatic carbocycles. The molecule has 0 amide bonds. The molecule has 2 aromatic heterocycles. The van der Waals surface area contributed by atoms with E-state index in [1.54, 1.807) is 32.3 Å². The summed E-state index contributed by atoms with van der Waals surface area (Å²) in [7, 11) is 1.83. The topological polar surface area (TPSA) is 44.8 Å². The molecule has 0 saturated carbocycles. The average molecular weight is 255 g/mol. The van der Waals surface area contributed by atoms with Crippen LogP contribution in [0, 0.1) is 0 Å². The Morgan fingerprint density at radius 1 is 1.41 bits per heavy atom. The third-order valence-corrected chi connectivity index (χ3v) is 3.12. The zero-order valence-corrected chi connectivity index (χ0v) is 10.8. The lowest BCUT2D eigenvalue weighted by Crippen LogP contribution is -2.26. The van der Waals surface area contributed by atoms with Crippen LogP contribution in [0.4, 0.5) is 0 Å². The zero-order valence-electron chi connectivity index (χ0n) is 10.1. The lowest BCUT2D eigenvalue weighted by molar-refractivity contribution is 0.555. The third kappa shape index (κ3) is 2.15. The minimum absolute atomic E-state index is 0.0286. The Morgan fingerprint density at radius 3 is 2.59 bits per heavy atom. The molecule has 0 fully saturated rings. The maximum atomic E-state index is 12.0. The summed E-state index contributed by atoms with van der Waals surface area (Å²) < 4.78 is 5.07. The largest absolute Gasteiger partial charge is 0.328 e. The van der Waals surface area contributed by atoms with Gasteiger partial charge in [0, 0.05) is 25.5 Å². The molecule has 2 heterocycles. The molecule has 0 N–H and O–H groups in total. The number of hydrogen-bond acceptors (Lipinski definition) is 2. The van der Waals surface area contributed by atoms with Gasteiger partial charge in [-0.15, -0.1) is 0 Å². The maximum absolute atomic E-state index is 12.0. The summed E-state index contributed by atoms with van der Waals surface area (Å²) in [6.45, 7) is 4.38. The minimum Gasteiger partial charge on any atom is -0.321 e. The Hall–Kier alpha value is -1.49. The second-order valence-corrected chi connectivity index (χ2v) is 4.65. The van der Waals surface area contributed by atoms with Gasteiger partial charge in [-0.1, -0.05) is 11.6 Å². The van der Waals surface area contributed by atoms with E-state index < -0.39 is 0 Å². The maximum Gasteiger partial charge on any atom is 0.328 e. The number of rotatable bonds is 3. The van der Waals surface area contributed by atoms with Gasteiger partial charge in [-0.05, 0) is 13.8 Å². The number of aromatic nitrogens is 4. The molecule has 0 unspecified atom stereocenters. The fourth-order valence-corrected chi connectivity index (χ4v) is 1.81. The molecule has 0 radical (unpaired) electrons. The first kappa shape index (κ1) is 12.0. The van der Waals surface area contributed by atoms with Crippen LogP contribution in [-0.2, 0) is 13.6 Å². The van der Waals surface area contributed by atoms with E-state index in [4.69, 9.17) is 11.6 Å². The predicted octanol–water partition coefficient (Wildman–Crippen LogP) is 1.67. The van der Waals surface area contributed by atoms with Crippen LogP contribution in [0.25, 0.3) is 0 Å². The monoisotopic (exact) mass is 254 g/mol. The summed E-state index contributed by atoms with van der Waals surface area (Å²) in [5.41, 5.74) is -0.0286. The van der Waals surface area contributed by atoms with Crippen molar-refractivity contribution in [3.63, 3.8) is 0 Å². The van der Waals surface area contributed by atoms with E-state index in [9.17, 15) is 4.79 Å². The second kappa shape index (κ2) is 4.41. The van der Waals surface area contributed by atoms with E-state index in [1.807, 2.05) is 20.9 Å². The summed E-state index contributed by atoms with van der Waals surface area (Å²) in [5.74, 6) is 0.763. The standard InChI is InChI=1S/C11H15ClN4O/c1-8(2)16-5-4-15(11(16)17)7-10-13-6-9(12)14(10)3/h4-6,8H,7H2,1-3H3. The molecular formula is C11H15ClN4O. The summed E-state index contributed by atoms with van der Waals surface area (Å²) in [5, 5.41) is 0.566. The van der Waals surface area contributed by atoms with Crippen LogP contribution in [0.3, 0.4) is 0 Å². The molecule has 0 aliphatic heterocycles. The van der Waals surface area contributed by atoms with Crippen molar-refractivity contribution < 1.29 is 0 Å². The predicted molar refractivity (Wildman–Crippen MR) is 66.4 cm³/mol. The normalized spacial score (nSPS) is 11.4. The molecule has 0 atom stereocenters. The van der Waals surface area contributed by atoms with Crippen LogP contribution in [0.2, 0.25) is 5.15 Å². The fourth-order valence-electron chi connectivity index (χ4n) is 1.67. The van der Waals surface area contributed by atoms with Crippen molar-refractivity contribution in [2.24, 2.45) is 7.05 Å². The van der Waals surface area contributed by atoms with Crippen molar-refractivity contribution in [1.29, 1.82) is 0 Å². The molecule has 0 aliphatic carbocycles. The molecule has 0 bridgehead atoms. The molecule has 2 aromatic rings. The highest BCUT2D eigenvalue weighted by atomic mass is 35.5. The van der Waals surface area contributed by atoms with Gasteiger partial charge in [0.1, 0.15) is 11.0 Å². The number of halogens is 1. The average Bonchev–Trinajstić information content (AvgIpc) is 2.77. The number of imidazole rings is 2. The first-order chi connectivity index (χ1) is 8.00. The number of hydrogen-bond donors (Lipinski definition) is 0. The highest BCUT2D eigenvalue weighted by molar-refractivity contribution is 6.29. The smallest absolute Gasteiger partial charge is 0.321 e. The van der Waals surface area contributed by atoms with Crippen molar-refractivity contribution in [3.8, 4) is 0 Å². The Labute approximate surface area is 104 Å². The molecule has 17 heavy (non-hydrogen) atoms. The van der Waals surface area contributed by atoms with Gasteiger partial charge < -0.3 is 4.57 Å². The van der Waals surface area contributed by atoms with Crippen molar-refractivity contribution in [2.75, 3.05) is 0 Å². The summed E-state index contributed by atoms with van der Waals surface area (Å²) >= 11 is 5.90. The van der Waals surface area contributed by atoms with Gasteiger partial charge in [0.2, 0.25) is 0 Å². The molecule has 5 nitrogen and oxygen atoms in total. The molecule has 0 saturated heterocycles. The van der Waals surface area contributed by atoms with Crippen molar-refractivity contribution in [3.05, 3.63) is 40.1 Å². The van der Waals surface area contributed by atoms with Crippen molar-refractivity contribution in [1.82, 2.24) is 18.7 Å². The van der Waals surface area contributed by atoms with E-state index >= 15 is 0 Å². The molecule has 0 spiro atoms. The Kier molecular flexibility index (Phi) is 3.11. The van der Waals surface area contributed by atoms with Gasteiger partial charge in [-0.2, -0.15) is 0 Å². The first-order valence-corrected chi connectivity index (χ1v) is 5.82. The van der Waals surface area contributed by atoms with E-state index in [1.165, 1.54) is 0 Å². The van der Waals surface area contributed by atoms with Crippen LogP contribution >= 0.6 is 11.6 Å². The van der Waals surface area contributed by atoms with Gasteiger partial charge in [-0.25, -0.2) is 9.78 Å². The lowest BCUT2D eigenvalue weighted by atomic mass is 10.4. The van der Waals surface area contributed by atoms with E-state index in [0.717, 1.165) is 5.82 Å². The Balaban J connectivity index is 2.31. The molecule has 2 rings (SSSR count). The van der Waals surface area contributed by atoms with Crippen LogP contribution in [0.1, 0.15) is 25.7 Å². The zero-order chi connectivity index (χ0) is 12.6. The third-order valence-electron chi connectivity index (χ3n) is 2.77. The van der Waals surface area contributed by atoms with Crippen molar-refractivity contribution >= 4 is 11.6 Å². The van der Waals surface area contributed by atoms with Gasteiger partial charge in [0.05, 0.1) is 12.7 Å². The second-order valence-electron chi connectivity index (χ2n) is 4.27. The van der Waals surface area contributed by atoms with Gasteiger partial charge in [-0.3, -0.25) is 9.13 Å². The van der Waals surface area contributed by atoms with Crippen molar-refractivity contribution in [2.45, 2.75) is 26.4 Å². The lowest BCUT2D eigenvalue weighted by Gasteiger charge is -2.05. The van der Waals surface area contributed by atoms with E-state index in [0.29, 0.717) is 11.7 Å². The molecule has 0 aliphatic rings. The van der Waals surface area contributed by atoms with E-state index in [2.05, 4.69) is 4.98 Å². The quantitative estimate of drug-likeness (QED) is 0.836. The molecule has 92 valence electrons. The van der Waals surface area contributed by atoms with Gasteiger partial charge >= 0.3 is 5.69 Å². The highest BCUT2D eigenvalue weighted by Gasteiger charge is 2.09. The molecular weight excluding hydrogens is 240 g/mol. The number of nitrogens with zero attached hydrogens (tertiary/aromatic N) is 4. The van der Waals surface area contributed by atoms with Gasteiger partial charge in [0.15, 0.2) is 0 Å². The fraction of sp³-hybridized carbons (Fsp3) is 0.455. The summed E-state index contributed by atoms with van der Waals surface area (Å²) in [4.78, 5) is 16.2. The molecule has 6 heteroatoms. The SMILES string of the molecule is CC(C)n1ccn(Cc2ncc(Cl)n2C)c1=O. The minimum atomic E-state index is -0.0286.